The fraction of sp³-hybridized carbons (Fsp3) is 0.800. The van der Waals surface area contributed by atoms with E-state index >= 15 is 0 Å². The molecule has 26 heavy (non-hydrogen) atoms. The van der Waals surface area contributed by atoms with Gasteiger partial charge < -0.3 is 19.5 Å². The molecule has 4 rings (SSSR count). The van der Waals surface area contributed by atoms with Crippen molar-refractivity contribution in [2.75, 3.05) is 19.7 Å². The Kier molecular flexibility index (Phi) is 4.95. The van der Waals surface area contributed by atoms with E-state index in [1.54, 1.807) is 0 Å². The van der Waals surface area contributed by atoms with Gasteiger partial charge in [0.25, 0.3) is 0 Å². The molecule has 1 aromatic heterocycles. The smallest absolute Gasteiger partial charge is 0.317 e. The number of carbonyl (C=O) groups is 1. The SMILES string of the molecule is Cc1nccn1[C@H]1C[C@H]2CN(C(=O)NC(C)C)C[C@H]2C[C@@H]1OCC1CC1. The van der Waals surface area contributed by atoms with Crippen LogP contribution in [-0.4, -0.2) is 52.3 Å². The number of fused-ring (bicyclic) bond motifs is 1. The highest BCUT2D eigenvalue weighted by Gasteiger charge is 2.45. The maximum absolute atomic E-state index is 12.4. The van der Waals surface area contributed by atoms with E-state index in [0.29, 0.717) is 17.9 Å². The van der Waals surface area contributed by atoms with Crippen molar-refractivity contribution in [2.24, 2.45) is 17.8 Å². The molecule has 2 amide bonds. The Morgan fingerprint density at radius 1 is 1.31 bits per heavy atom. The van der Waals surface area contributed by atoms with E-state index in [9.17, 15) is 4.79 Å². The van der Waals surface area contributed by atoms with Crippen molar-refractivity contribution in [1.82, 2.24) is 19.8 Å². The summed E-state index contributed by atoms with van der Waals surface area (Å²) in [6.45, 7) is 8.72. The number of likely N-dealkylation sites (tertiary alicyclic amines) is 1. The molecule has 3 aliphatic rings. The molecule has 0 radical (unpaired) electrons. The number of ether oxygens (including phenoxy) is 1. The summed E-state index contributed by atoms with van der Waals surface area (Å²) in [5.74, 6) is 2.94. The highest BCUT2D eigenvalue weighted by molar-refractivity contribution is 5.74. The van der Waals surface area contributed by atoms with Crippen molar-refractivity contribution < 1.29 is 9.53 Å². The summed E-state index contributed by atoms with van der Waals surface area (Å²) in [5.41, 5.74) is 0. The van der Waals surface area contributed by atoms with Crippen molar-refractivity contribution >= 4 is 6.03 Å². The van der Waals surface area contributed by atoms with Crippen LogP contribution in [0.2, 0.25) is 0 Å². The van der Waals surface area contributed by atoms with Crippen LogP contribution < -0.4 is 5.32 Å². The molecule has 4 atom stereocenters. The Labute approximate surface area is 156 Å². The predicted molar refractivity (Wildman–Crippen MR) is 99.9 cm³/mol. The molecule has 6 heteroatoms. The topological polar surface area (TPSA) is 59.4 Å². The van der Waals surface area contributed by atoms with E-state index in [4.69, 9.17) is 4.74 Å². The zero-order valence-corrected chi connectivity index (χ0v) is 16.2. The molecule has 1 aliphatic heterocycles. The lowest BCUT2D eigenvalue weighted by molar-refractivity contribution is -0.0343. The zero-order valence-electron chi connectivity index (χ0n) is 16.2. The first kappa shape index (κ1) is 17.8. The van der Waals surface area contributed by atoms with Gasteiger partial charge in [-0.25, -0.2) is 9.78 Å². The van der Waals surface area contributed by atoms with Crippen LogP contribution in [0.3, 0.4) is 0 Å². The lowest BCUT2D eigenvalue weighted by Gasteiger charge is -2.39. The second-order valence-corrected chi connectivity index (χ2v) is 8.76. The van der Waals surface area contributed by atoms with E-state index in [1.165, 1.54) is 12.8 Å². The summed E-state index contributed by atoms with van der Waals surface area (Å²) < 4.78 is 8.70. The molecule has 144 valence electrons. The highest BCUT2D eigenvalue weighted by Crippen LogP contribution is 2.43. The number of rotatable bonds is 5. The number of nitrogens with zero attached hydrogens (tertiary/aromatic N) is 3. The summed E-state index contributed by atoms with van der Waals surface area (Å²) >= 11 is 0. The maximum atomic E-state index is 12.4. The van der Waals surface area contributed by atoms with Gasteiger partial charge in [0.15, 0.2) is 0 Å². The normalized spacial score (nSPS) is 31.3. The molecule has 2 heterocycles. The third-order valence-corrected chi connectivity index (χ3v) is 6.25. The first-order chi connectivity index (χ1) is 12.5. The Morgan fingerprint density at radius 2 is 2.04 bits per heavy atom. The second kappa shape index (κ2) is 7.22. The summed E-state index contributed by atoms with van der Waals surface area (Å²) in [7, 11) is 0. The molecule has 6 nitrogen and oxygen atoms in total. The van der Waals surface area contributed by atoms with E-state index in [1.807, 2.05) is 24.9 Å². The van der Waals surface area contributed by atoms with Crippen molar-refractivity contribution in [3.8, 4) is 0 Å². The summed E-state index contributed by atoms with van der Waals surface area (Å²) in [4.78, 5) is 18.9. The van der Waals surface area contributed by atoms with Gasteiger partial charge in [-0.05, 0) is 64.2 Å². The Morgan fingerprint density at radius 3 is 2.65 bits per heavy atom. The molecular weight excluding hydrogens is 328 g/mol. The number of hydrogen-bond donors (Lipinski definition) is 1. The molecule has 1 aromatic rings. The van der Waals surface area contributed by atoms with Crippen molar-refractivity contribution in [1.29, 1.82) is 0 Å². The van der Waals surface area contributed by atoms with Gasteiger partial charge in [0.1, 0.15) is 5.82 Å². The van der Waals surface area contributed by atoms with Crippen LogP contribution in [0.25, 0.3) is 0 Å². The zero-order chi connectivity index (χ0) is 18.3. The van der Waals surface area contributed by atoms with Gasteiger partial charge in [0.05, 0.1) is 12.1 Å². The molecule has 0 unspecified atom stereocenters. The molecule has 0 bridgehead atoms. The fourth-order valence-electron chi connectivity index (χ4n) is 4.65. The van der Waals surface area contributed by atoms with Gasteiger partial charge in [0, 0.05) is 38.1 Å². The molecule has 0 aromatic carbocycles. The minimum absolute atomic E-state index is 0.0835. The first-order valence-electron chi connectivity index (χ1n) is 10.2. The number of aryl methyl sites for hydroxylation is 1. The van der Waals surface area contributed by atoms with E-state index in [2.05, 4.69) is 28.0 Å². The molecule has 2 saturated carbocycles. The van der Waals surface area contributed by atoms with Crippen LogP contribution in [0.1, 0.15) is 51.4 Å². The minimum Gasteiger partial charge on any atom is -0.376 e. The number of nitrogens with one attached hydrogen (secondary N) is 1. The molecule has 1 saturated heterocycles. The summed E-state index contributed by atoms with van der Waals surface area (Å²) in [6.07, 6.45) is 8.96. The highest BCUT2D eigenvalue weighted by atomic mass is 16.5. The number of hydrogen-bond acceptors (Lipinski definition) is 3. The predicted octanol–water partition coefficient (Wildman–Crippen LogP) is 2.99. The number of imidazole rings is 1. The van der Waals surface area contributed by atoms with Crippen LogP contribution >= 0.6 is 0 Å². The van der Waals surface area contributed by atoms with Gasteiger partial charge in [-0.15, -0.1) is 0 Å². The molecule has 0 spiro atoms. The molecular formula is C20H32N4O2. The largest absolute Gasteiger partial charge is 0.376 e. The van der Waals surface area contributed by atoms with Crippen LogP contribution in [0, 0.1) is 24.7 Å². The molecule has 3 fully saturated rings. The van der Waals surface area contributed by atoms with Crippen LogP contribution in [0.15, 0.2) is 12.4 Å². The van der Waals surface area contributed by atoms with Gasteiger partial charge >= 0.3 is 6.03 Å². The second-order valence-electron chi connectivity index (χ2n) is 8.76. The quantitative estimate of drug-likeness (QED) is 0.878. The Bertz CT molecular complexity index is 640. The maximum Gasteiger partial charge on any atom is 0.317 e. The van der Waals surface area contributed by atoms with Crippen molar-refractivity contribution in [3.63, 3.8) is 0 Å². The number of urea groups is 1. The fourth-order valence-corrected chi connectivity index (χ4v) is 4.65. The third-order valence-electron chi connectivity index (χ3n) is 6.25. The number of amides is 2. The Balaban J connectivity index is 1.46. The van der Waals surface area contributed by atoms with Crippen molar-refractivity contribution in [3.05, 3.63) is 18.2 Å². The molecule has 2 aliphatic carbocycles. The lowest BCUT2D eigenvalue weighted by atomic mass is 9.77. The first-order valence-corrected chi connectivity index (χ1v) is 10.2. The summed E-state index contributed by atoms with van der Waals surface area (Å²) in [6, 6.07) is 0.604. The van der Waals surface area contributed by atoms with E-state index in [0.717, 1.165) is 44.3 Å². The van der Waals surface area contributed by atoms with Crippen LogP contribution in [0.5, 0.6) is 0 Å². The average molecular weight is 361 g/mol. The third kappa shape index (κ3) is 3.75. The van der Waals surface area contributed by atoms with Gasteiger partial charge in [-0.2, -0.15) is 0 Å². The van der Waals surface area contributed by atoms with Gasteiger partial charge in [0.2, 0.25) is 0 Å². The monoisotopic (exact) mass is 360 g/mol. The van der Waals surface area contributed by atoms with E-state index in [-0.39, 0.29) is 18.2 Å². The number of carbonyl (C=O) groups excluding carboxylic acids is 1. The Hall–Kier alpha value is -1.56. The van der Waals surface area contributed by atoms with Crippen molar-refractivity contribution in [2.45, 2.75) is 64.6 Å². The number of aromatic nitrogens is 2. The average Bonchev–Trinajstić information content (AvgIpc) is 3.17. The van der Waals surface area contributed by atoms with E-state index < -0.39 is 0 Å². The van der Waals surface area contributed by atoms with Crippen LogP contribution in [-0.2, 0) is 4.74 Å². The molecule has 1 N–H and O–H groups in total. The lowest BCUT2D eigenvalue weighted by Crippen LogP contribution is -2.41. The standard InChI is InChI=1S/C20H32N4O2/c1-13(2)22-20(25)23-10-16-8-18(24-7-6-21-14(24)3)19(9-17(16)11-23)26-12-15-4-5-15/h6-7,13,15-19H,4-5,8-12H2,1-3H3,(H,22,25)/t16-,17+,18-,19-/m0/s1. The van der Waals surface area contributed by atoms with Crippen LogP contribution in [0.4, 0.5) is 4.79 Å². The van der Waals surface area contributed by atoms with Gasteiger partial charge in [-0.3, -0.25) is 0 Å². The van der Waals surface area contributed by atoms with Gasteiger partial charge in [-0.1, -0.05) is 0 Å². The summed E-state index contributed by atoms with van der Waals surface area (Å²) in [5, 5.41) is 3.04. The minimum atomic E-state index is 0.0835.